The number of rotatable bonds is 4. The Morgan fingerprint density at radius 3 is 2.46 bits per heavy atom. The Morgan fingerprint density at radius 2 is 1.79 bits per heavy atom. The van der Waals surface area contributed by atoms with Gasteiger partial charge in [-0.25, -0.2) is 0 Å². The Morgan fingerprint density at radius 1 is 1.08 bits per heavy atom. The molecule has 2 atom stereocenters. The van der Waals surface area contributed by atoms with E-state index in [1.54, 1.807) is 6.07 Å². The molecule has 120 valence electrons. The summed E-state index contributed by atoms with van der Waals surface area (Å²) in [7, 11) is 0. The fourth-order valence-corrected chi connectivity index (χ4v) is 3.21. The lowest BCUT2D eigenvalue weighted by Gasteiger charge is -2.28. The van der Waals surface area contributed by atoms with E-state index < -0.39 is 0 Å². The second kappa shape index (κ2) is 6.72. The molecule has 3 heteroatoms. The van der Waals surface area contributed by atoms with Crippen LogP contribution in [0.2, 0.25) is 0 Å². The predicted octanol–water partition coefficient (Wildman–Crippen LogP) is 4.51. The highest BCUT2D eigenvalue weighted by molar-refractivity contribution is 5.79. The molecule has 0 amide bonds. The highest BCUT2D eigenvalue weighted by atomic mass is 16.1. The summed E-state index contributed by atoms with van der Waals surface area (Å²) in [6, 6.07) is 19.4. The van der Waals surface area contributed by atoms with Gasteiger partial charge in [0.05, 0.1) is 23.2 Å². The van der Waals surface area contributed by atoms with Crippen molar-refractivity contribution in [2.24, 2.45) is 5.92 Å². The molecule has 0 aliphatic carbocycles. The van der Waals surface area contributed by atoms with Crippen molar-refractivity contribution in [2.45, 2.75) is 26.3 Å². The first-order valence-electron chi connectivity index (χ1n) is 8.25. The van der Waals surface area contributed by atoms with Gasteiger partial charge in [-0.15, -0.1) is 0 Å². The molecule has 0 bridgehead atoms. The Bertz CT molecular complexity index is 948. The second-order valence-corrected chi connectivity index (χ2v) is 6.17. The van der Waals surface area contributed by atoms with Crippen LogP contribution in [0.5, 0.6) is 0 Å². The Balaban J connectivity index is 2.22. The van der Waals surface area contributed by atoms with Crippen molar-refractivity contribution in [1.29, 1.82) is 5.26 Å². The second-order valence-electron chi connectivity index (χ2n) is 6.17. The highest BCUT2D eigenvalue weighted by Crippen LogP contribution is 2.31. The van der Waals surface area contributed by atoms with Gasteiger partial charge in [-0.05, 0) is 35.7 Å². The van der Waals surface area contributed by atoms with Gasteiger partial charge in [0.25, 0.3) is 0 Å². The fourth-order valence-electron chi connectivity index (χ4n) is 3.21. The molecular formula is C21H20N2O. The first kappa shape index (κ1) is 16.0. The van der Waals surface area contributed by atoms with Gasteiger partial charge in [0.2, 0.25) is 0 Å². The van der Waals surface area contributed by atoms with E-state index in [2.05, 4.69) is 24.5 Å². The third-order valence-electron chi connectivity index (χ3n) is 4.70. The first-order chi connectivity index (χ1) is 11.7. The van der Waals surface area contributed by atoms with Gasteiger partial charge in [0, 0.05) is 17.6 Å². The van der Waals surface area contributed by atoms with Gasteiger partial charge in [0.15, 0.2) is 5.43 Å². The van der Waals surface area contributed by atoms with E-state index in [4.69, 9.17) is 5.26 Å². The average molecular weight is 316 g/mol. The molecule has 0 saturated carbocycles. The molecule has 3 aromatic rings. The molecule has 0 aliphatic heterocycles. The van der Waals surface area contributed by atoms with Gasteiger partial charge in [0.1, 0.15) is 0 Å². The normalized spacial score (nSPS) is 13.4. The molecule has 1 heterocycles. The number of nitriles is 1. The standard InChI is InChI=1S/C21H20N2O/c1-3-15(2)21(17-10-8-16(14-22)9-11-17)23-13-12-20(24)18-6-4-5-7-19(18)23/h4-13,15,21H,3H2,1-2H3. The Labute approximate surface area is 141 Å². The number of fused-ring (bicyclic) bond motifs is 1. The monoisotopic (exact) mass is 316 g/mol. The molecule has 3 nitrogen and oxygen atoms in total. The summed E-state index contributed by atoms with van der Waals surface area (Å²) in [6.45, 7) is 4.39. The average Bonchev–Trinajstić information content (AvgIpc) is 2.64. The maximum Gasteiger partial charge on any atom is 0.189 e. The molecule has 0 radical (unpaired) electrons. The van der Waals surface area contributed by atoms with E-state index >= 15 is 0 Å². The van der Waals surface area contributed by atoms with Gasteiger partial charge >= 0.3 is 0 Å². The topological polar surface area (TPSA) is 45.8 Å². The van der Waals surface area contributed by atoms with Crippen molar-refractivity contribution in [3.05, 3.63) is 82.1 Å². The molecule has 3 rings (SSSR count). The van der Waals surface area contributed by atoms with Crippen LogP contribution >= 0.6 is 0 Å². The molecule has 0 aliphatic rings. The van der Waals surface area contributed by atoms with Crippen molar-refractivity contribution < 1.29 is 0 Å². The van der Waals surface area contributed by atoms with Crippen molar-refractivity contribution in [1.82, 2.24) is 4.57 Å². The molecule has 0 fully saturated rings. The van der Waals surface area contributed by atoms with Gasteiger partial charge in [-0.2, -0.15) is 5.26 Å². The minimum absolute atomic E-state index is 0.0459. The number of hydrogen-bond donors (Lipinski definition) is 0. The molecule has 0 saturated heterocycles. The number of nitrogens with zero attached hydrogens (tertiary/aromatic N) is 2. The zero-order valence-electron chi connectivity index (χ0n) is 13.9. The number of hydrogen-bond acceptors (Lipinski definition) is 2. The molecule has 24 heavy (non-hydrogen) atoms. The largest absolute Gasteiger partial charge is 0.339 e. The molecule has 2 unspecified atom stereocenters. The molecule has 0 spiro atoms. The van der Waals surface area contributed by atoms with E-state index in [1.165, 1.54) is 0 Å². The van der Waals surface area contributed by atoms with Crippen molar-refractivity contribution in [3.63, 3.8) is 0 Å². The van der Waals surface area contributed by atoms with Gasteiger partial charge in [-0.3, -0.25) is 4.79 Å². The van der Waals surface area contributed by atoms with Gasteiger partial charge < -0.3 is 4.57 Å². The van der Waals surface area contributed by atoms with Crippen LogP contribution in [-0.4, -0.2) is 4.57 Å². The minimum atomic E-state index is 0.0459. The van der Waals surface area contributed by atoms with Crippen molar-refractivity contribution in [3.8, 4) is 6.07 Å². The van der Waals surface area contributed by atoms with Crippen molar-refractivity contribution in [2.75, 3.05) is 0 Å². The van der Waals surface area contributed by atoms with Gasteiger partial charge in [-0.1, -0.05) is 44.5 Å². The predicted molar refractivity (Wildman–Crippen MR) is 97.0 cm³/mol. The van der Waals surface area contributed by atoms with E-state index in [0.717, 1.165) is 22.9 Å². The maximum absolute atomic E-state index is 12.2. The van der Waals surface area contributed by atoms with Crippen LogP contribution in [0.15, 0.2) is 65.6 Å². The van der Waals surface area contributed by atoms with Crippen LogP contribution in [0, 0.1) is 17.2 Å². The number of benzene rings is 2. The molecule has 0 N–H and O–H groups in total. The van der Waals surface area contributed by atoms with Crippen LogP contribution in [0.25, 0.3) is 10.9 Å². The SMILES string of the molecule is CCC(C)C(c1ccc(C#N)cc1)n1ccc(=O)c2ccccc21. The zero-order valence-corrected chi connectivity index (χ0v) is 13.9. The van der Waals surface area contributed by atoms with Crippen LogP contribution in [0.3, 0.4) is 0 Å². The minimum Gasteiger partial charge on any atom is -0.339 e. The summed E-state index contributed by atoms with van der Waals surface area (Å²) in [4.78, 5) is 12.2. The first-order valence-corrected chi connectivity index (χ1v) is 8.25. The van der Waals surface area contributed by atoms with Crippen molar-refractivity contribution >= 4 is 10.9 Å². The number of para-hydroxylation sites is 1. The molecule has 1 aromatic heterocycles. The summed E-state index contributed by atoms with van der Waals surface area (Å²) in [6.07, 6.45) is 2.91. The fraction of sp³-hybridized carbons (Fsp3) is 0.238. The van der Waals surface area contributed by atoms with E-state index in [-0.39, 0.29) is 11.5 Å². The van der Waals surface area contributed by atoms with Crippen LogP contribution in [0.4, 0.5) is 0 Å². The molecular weight excluding hydrogens is 296 g/mol. The van der Waals surface area contributed by atoms with Crippen LogP contribution in [-0.2, 0) is 0 Å². The molecule has 2 aromatic carbocycles. The maximum atomic E-state index is 12.2. The van der Waals surface area contributed by atoms with Crippen LogP contribution in [0.1, 0.15) is 37.4 Å². The van der Waals surface area contributed by atoms with E-state index in [1.807, 2.05) is 54.7 Å². The van der Waals surface area contributed by atoms with E-state index in [0.29, 0.717) is 11.5 Å². The zero-order chi connectivity index (χ0) is 17.1. The summed E-state index contributed by atoms with van der Waals surface area (Å²) >= 11 is 0. The smallest absolute Gasteiger partial charge is 0.189 e. The van der Waals surface area contributed by atoms with E-state index in [9.17, 15) is 4.79 Å². The lowest BCUT2D eigenvalue weighted by molar-refractivity contribution is 0.402. The summed E-state index contributed by atoms with van der Waals surface area (Å²) in [5.74, 6) is 0.392. The quantitative estimate of drug-likeness (QED) is 0.711. The summed E-state index contributed by atoms with van der Waals surface area (Å²) in [5, 5.41) is 9.76. The lowest BCUT2D eigenvalue weighted by atomic mass is 9.91. The Kier molecular flexibility index (Phi) is 4.48. The highest BCUT2D eigenvalue weighted by Gasteiger charge is 2.21. The summed E-state index contributed by atoms with van der Waals surface area (Å²) < 4.78 is 2.19. The third kappa shape index (κ3) is 2.83. The lowest BCUT2D eigenvalue weighted by Crippen LogP contribution is -2.20. The number of pyridine rings is 1. The number of aromatic nitrogens is 1. The Hall–Kier alpha value is -2.86. The van der Waals surface area contributed by atoms with Crippen LogP contribution < -0.4 is 5.43 Å². The summed E-state index contributed by atoms with van der Waals surface area (Å²) in [5.41, 5.74) is 2.80. The third-order valence-corrected chi connectivity index (χ3v) is 4.70.